The molecule has 1 atom stereocenters. The molecule has 0 aliphatic carbocycles. The first-order valence-electron chi connectivity index (χ1n) is 3.96. The summed E-state index contributed by atoms with van der Waals surface area (Å²) >= 11 is 0. The van der Waals surface area contributed by atoms with E-state index in [-0.39, 0.29) is 5.96 Å². The van der Waals surface area contributed by atoms with Crippen LogP contribution < -0.4 is 5.73 Å². The molecule has 1 saturated heterocycles. The Morgan fingerprint density at radius 2 is 2.45 bits per heavy atom. The molecule has 0 bridgehead atoms. The van der Waals surface area contributed by atoms with Crippen LogP contribution in [0.4, 0.5) is 0 Å². The van der Waals surface area contributed by atoms with Crippen molar-refractivity contribution in [3.8, 4) is 0 Å². The number of guanidine groups is 1. The van der Waals surface area contributed by atoms with Crippen molar-refractivity contribution < 1.29 is 5.21 Å². The number of rotatable bonds is 0. The summed E-state index contributed by atoms with van der Waals surface area (Å²) in [4.78, 5) is 1.91. The number of hydrogen-bond donors (Lipinski definition) is 2. The van der Waals surface area contributed by atoms with Gasteiger partial charge in [0.25, 0.3) is 0 Å². The van der Waals surface area contributed by atoms with E-state index in [1.54, 1.807) is 0 Å². The fourth-order valence-electron chi connectivity index (χ4n) is 1.46. The summed E-state index contributed by atoms with van der Waals surface area (Å²) < 4.78 is 0. The minimum absolute atomic E-state index is 0.247. The van der Waals surface area contributed by atoms with Gasteiger partial charge in [-0.05, 0) is 18.8 Å². The topological polar surface area (TPSA) is 61.8 Å². The van der Waals surface area contributed by atoms with Crippen LogP contribution >= 0.6 is 0 Å². The zero-order chi connectivity index (χ0) is 8.27. The maximum absolute atomic E-state index is 8.39. The zero-order valence-electron chi connectivity index (χ0n) is 6.82. The summed E-state index contributed by atoms with van der Waals surface area (Å²) in [6.07, 6.45) is 2.38. The maximum atomic E-state index is 8.39. The van der Waals surface area contributed by atoms with Gasteiger partial charge in [0.05, 0.1) is 0 Å². The van der Waals surface area contributed by atoms with Gasteiger partial charge in [-0.2, -0.15) is 0 Å². The van der Waals surface area contributed by atoms with Gasteiger partial charge in [0.1, 0.15) is 0 Å². The molecule has 0 radical (unpaired) electrons. The number of nitrogens with two attached hydrogens (primary N) is 1. The van der Waals surface area contributed by atoms with E-state index in [2.05, 4.69) is 12.1 Å². The molecule has 0 aromatic heterocycles. The molecule has 1 aliphatic rings. The average molecular weight is 157 g/mol. The predicted octanol–water partition coefficient (Wildman–Crippen LogP) is 0.422. The Morgan fingerprint density at radius 1 is 1.73 bits per heavy atom. The lowest BCUT2D eigenvalue weighted by molar-refractivity contribution is 0.249. The third-order valence-electron chi connectivity index (χ3n) is 2.08. The Hall–Kier alpha value is -0.930. The first kappa shape index (κ1) is 8.17. The molecule has 0 saturated carbocycles. The van der Waals surface area contributed by atoms with E-state index >= 15 is 0 Å². The largest absolute Gasteiger partial charge is 0.408 e. The number of hydrogen-bond acceptors (Lipinski definition) is 2. The van der Waals surface area contributed by atoms with Crippen LogP contribution in [0.3, 0.4) is 0 Å². The van der Waals surface area contributed by atoms with E-state index in [0.29, 0.717) is 5.92 Å². The first-order valence-corrected chi connectivity index (χ1v) is 3.96. The van der Waals surface area contributed by atoms with Gasteiger partial charge < -0.3 is 15.8 Å². The van der Waals surface area contributed by atoms with Gasteiger partial charge in [-0.15, -0.1) is 0 Å². The highest BCUT2D eigenvalue weighted by molar-refractivity contribution is 5.77. The highest BCUT2D eigenvalue weighted by Gasteiger charge is 2.17. The standard InChI is InChI=1S/C7H15N3O/c1-6-3-2-4-10(5-6)7(8)9-11/h6,11H,2-5H2,1H3,(H2,8,9)/t6-/m1/s1. The summed E-state index contributed by atoms with van der Waals surface area (Å²) in [6, 6.07) is 0. The number of piperidine rings is 1. The van der Waals surface area contributed by atoms with Crippen LogP contribution in [0.15, 0.2) is 5.16 Å². The highest BCUT2D eigenvalue weighted by atomic mass is 16.4. The van der Waals surface area contributed by atoms with Crippen molar-refractivity contribution in [2.45, 2.75) is 19.8 Å². The summed E-state index contributed by atoms with van der Waals surface area (Å²) in [5, 5.41) is 11.4. The summed E-state index contributed by atoms with van der Waals surface area (Å²) in [5.41, 5.74) is 5.44. The number of oxime groups is 1. The molecular weight excluding hydrogens is 142 g/mol. The first-order chi connectivity index (χ1) is 5.24. The third kappa shape index (κ3) is 2.00. The van der Waals surface area contributed by atoms with Crippen molar-refractivity contribution in [1.82, 2.24) is 4.90 Å². The monoisotopic (exact) mass is 157 g/mol. The van der Waals surface area contributed by atoms with Crippen LogP contribution in [0, 0.1) is 5.92 Å². The molecule has 1 heterocycles. The van der Waals surface area contributed by atoms with Crippen LogP contribution in [0.5, 0.6) is 0 Å². The molecule has 64 valence electrons. The van der Waals surface area contributed by atoms with Crippen LogP contribution in [0.1, 0.15) is 19.8 Å². The number of likely N-dealkylation sites (tertiary alicyclic amines) is 1. The van der Waals surface area contributed by atoms with E-state index < -0.39 is 0 Å². The second-order valence-electron chi connectivity index (χ2n) is 3.15. The van der Waals surface area contributed by atoms with E-state index in [9.17, 15) is 0 Å². The SMILES string of the molecule is C[C@@H]1CCCN(/C(N)=N\O)C1. The molecule has 0 amide bonds. The molecule has 0 spiro atoms. The molecular formula is C7H15N3O. The lowest BCUT2D eigenvalue weighted by Gasteiger charge is -2.30. The molecule has 1 rings (SSSR count). The summed E-state index contributed by atoms with van der Waals surface area (Å²) in [6.45, 7) is 4.01. The van der Waals surface area contributed by atoms with Crippen molar-refractivity contribution in [3.05, 3.63) is 0 Å². The predicted molar refractivity (Wildman–Crippen MR) is 43.4 cm³/mol. The minimum Gasteiger partial charge on any atom is -0.408 e. The van der Waals surface area contributed by atoms with E-state index in [0.717, 1.165) is 19.5 Å². The lowest BCUT2D eigenvalue weighted by atomic mass is 10.0. The second kappa shape index (κ2) is 3.46. The van der Waals surface area contributed by atoms with Gasteiger partial charge in [0.15, 0.2) is 0 Å². The van der Waals surface area contributed by atoms with Crippen LogP contribution in [0.2, 0.25) is 0 Å². The van der Waals surface area contributed by atoms with Gasteiger partial charge in [-0.1, -0.05) is 12.1 Å². The fourth-order valence-corrected chi connectivity index (χ4v) is 1.46. The smallest absolute Gasteiger partial charge is 0.233 e. The van der Waals surface area contributed by atoms with Crippen LogP contribution in [0.25, 0.3) is 0 Å². The van der Waals surface area contributed by atoms with Gasteiger partial charge in [-0.25, -0.2) is 0 Å². The Labute approximate surface area is 66.7 Å². The second-order valence-corrected chi connectivity index (χ2v) is 3.15. The van der Waals surface area contributed by atoms with Crippen molar-refractivity contribution in [2.24, 2.45) is 16.8 Å². The molecule has 4 heteroatoms. The molecule has 1 fully saturated rings. The van der Waals surface area contributed by atoms with E-state index in [1.165, 1.54) is 6.42 Å². The minimum atomic E-state index is 0.247. The average Bonchev–Trinajstić information content (AvgIpc) is 2.03. The molecule has 1 aliphatic heterocycles. The Balaban J connectivity index is 2.46. The zero-order valence-corrected chi connectivity index (χ0v) is 6.82. The maximum Gasteiger partial charge on any atom is 0.233 e. The summed E-state index contributed by atoms with van der Waals surface area (Å²) in [7, 11) is 0. The van der Waals surface area contributed by atoms with Gasteiger partial charge in [0.2, 0.25) is 5.96 Å². The van der Waals surface area contributed by atoms with E-state index in [1.807, 2.05) is 4.90 Å². The van der Waals surface area contributed by atoms with Crippen molar-refractivity contribution in [2.75, 3.05) is 13.1 Å². The van der Waals surface area contributed by atoms with Gasteiger partial charge in [0, 0.05) is 13.1 Å². The van der Waals surface area contributed by atoms with Crippen molar-refractivity contribution >= 4 is 5.96 Å². The Kier molecular flexibility index (Phi) is 2.57. The molecule has 0 aromatic rings. The van der Waals surface area contributed by atoms with Gasteiger partial charge >= 0.3 is 0 Å². The molecule has 11 heavy (non-hydrogen) atoms. The fraction of sp³-hybridized carbons (Fsp3) is 0.857. The molecule has 0 aromatic carbocycles. The van der Waals surface area contributed by atoms with Gasteiger partial charge in [-0.3, -0.25) is 0 Å². The van der Waals surface area contributed by atoms with E-state index in [4.69, 9.17) is 10.9 Å². The Bertz CT molecular complexity index is 158. The number of nitrogens with zero attached hydrogens (tertiary/aromatic N) is 2. The molecule has 0 unspecified atom stereocenters. The van der Waals surface area contributed by atoms with Crippen LogP contribution in [-0.2, 0) is 0 Å². The van der Waals surface area contributed by atoms with Crippen molar-refractivity contribution in [3.63, 3.8) is 0 Å². The van der Waals surface area contributed by atoms with Crippen LogP contribution in [-0.4, -0.2) is 29.2 Å². The molecule has 4 nitrogen and oxygen atoms in total. The normalized spacial score (nSPS) is 27.2. The highest BCUT2D eigenvalue weighted by Crippen LogP contribution is 2.14. The lowest BCUT2D eigenvalue weighted by Crippen LogP contribution is -2.43. The Morgan fingerprint density at radius 3 is 3.00 bits per heavy atom. The quantitative estimate of drug-likeness (QED) is 0.232. The third-order valence-corrected chi connectivity index (χ3v) is 2.08. The van der Waals surface area contributed by atoms with Crippen molar-refractivity contribution in [1.29, 1.82) is 0 Å². The molecule has 3 N–H and O–H groups in total. The summed E-state index contributed by atoms with van der Waals surface area (Å²) in [5.74, 6) is 0.903.